The number of hydrogen-bond donors (Lipinski definition) is 0. The Balaban J connectivity index is 1.41. The smallest absolute Gasteiger partial charge is 0.293 e. The molecule has 0 spiro atoms. The van der Waals surface area contributed by atoms with Gasteiger partial charge in [-0.05, 0) is 69.0 Å². The van der Waals surface area contributed by atoms with Gasteiger partial charge in [-0.25, -0.2) is 0 Å². The van der Waals surface area contributed by atoms with E-state index in [1.54, 1.807) is 6.08 Å². The molecular formula is C25H20BrNO3S. The van der Waals surface area contributed by atoms with Crippen LogP contribution in [0.15, 0.2) is 88.2 Å². The van der Waals surface area contributed by atoms with Gasteiger partial charge < -0.3 is 4.74 Å². The molecule has 4 nitrogen and oxygen atoms in total. The number of amides is 2. The summed E-state index contributed by atoms with van der Waals surface area (Å²) in [5.74, 6) is 0.475. The second-order valence-electron chi connectivity index (χ2n) is 7.03. The fraction of sp³-hybridized carbons (Fsp3) is 0.120. The second-order valence-corrected chi connectivity index (χ2v) is 8.88. The molecule has 0 saturated carbocycles. The molecule has 156 valence electrons. The summed E-state index contributed by atoms with van der Waals surface area (Å²) >= 11 is 4.52. The van der Waals surface area contributed by atoms with E-state index in [0.29, 0.717) is 24.5 Å². The van der Waals surface area contributed by atoms with E-state index < -0.39 is 0 Å². The molecule has 4 rings (SSSR count). The summed E-state index contributed by atoms with van der Waals surface area (Å²) in [6.45, 7) is 0.848. The molecule has 1 saturated heterocycles. The van der Waals surface area contributed by atoms with Crippen molar-refractivity contribution in [2.45, 2.75) is 13.0 Å². The summed E-state index contributed by atoms with van der Waals surface area (Å²) in [6.07, 6.45) is 2.39. The number of thioether (sulfide) groups is 1. The second kappa shape index (κ2) is 9.98. The van der Waals surface area contributed by atoms with Crippen molar-refractivity contribution in [1.82, 2.24) is 4.90 Å². The first-order valence-electron chi connectivity index (χ1n) is 9.86. The van der Waals surface area contributed by atoms with Crippen LogP contribution in [0.25, 0.3) is 6.08 Å². The normalized spacial score (nSPS) is 15.0. The molecule has 0 bridgehead atoms. The van der Waals surface area contributed by atoms with E-state index in [4.69, 9.17) is 4.74 Å². The van der Waals surface area contributed by atoms with Crippen LogP contribution in [-0.4, -0.2) is 22.6 Å². The van der Waals surface area contributed by atoms with E-state index in [1.165, 1.54) is 4.90 Å². The molecule has 31 heavy (non-hydrogen) atoms. The van der Waals surface area contributed by atoms with Crippen LogP contribution in [-0.2, 0) is 17.8 Å². The molecule has 0 aliphatic carbocycles. The average molecular weight is 494 g/mol. The zero-order chi connectivity index (χ0) is 21.6. The number of ether oxygens (including phenoxy) is 1. The highest BCUT2D eigenvalue weighted by atomic mass is 79.9. The van der Waals surface area contributed by atoms with Gasteiger partial charge in [-0.1, -0.05) is 66.7 Å². The topological polar surface area (TPSA) is 46.6 Å². The summed E-state index contributed by atoms with van der Waals surface area (Å²) < 4.78 is 6.67. The van der Waals surface area contributed by atoms with Crippen LogP contribution >= 0.6 is 27.7 Å². The number of halogens is 1. The molecule has 0 unspecified atom stereocenters. The highest BCUT2D eigenvalue weighted by Gasteiger charge is 2.34. The lowest BCUT2D eigenvalue weighted by Crippen LogP contribution is -2.30. The summed E-state index contributed by atoms with van der Waals surface area (Å²) in [4.78, 5) is 26.8. The van der Waals surface area contributed by atoms with Crippen molar-refractivity contribution < 1.29 is 14.3 Å². The van der Waals surface area contributed by atoms with Crippen molar-refractivity contribution in [3.8, 4) is 5.75 Å². The molecule has 0 radical (unpaired) electrons. The molecule has 3 aromatic rings. The zero-order valence-electron chi connectivity index (χ0n) is 16.7. The third-order valence-electron chi connectivity index (χ3n) is 4.83. The van der Waals surface area contributed by atoms with Crippen molar-refractivity contribution in [3.63, 3.8) is 0 Å². The molecule has 6 heteroatoms. The van der Waals surface area contributed by atoms with Gasteiger partial charge in [0.1, 0.15) is 12.4 Å². The van der Waals surface area contributed by atoms with Gasteiger partial charge in [0, 0.05) is 6.54 Å². The van der Waals surface area contributed by atoms with Gasteiger partial charge in [-0.2, -0.15) is 0 Å². The van der Waals surface area contributed by atoms with Gasteiger partial charge in [0.2, 0.25) is 0 Å². The molecule has 0 N–H and O–H groups in total. The lowest BCUT2D eigenvalue weighted by Gasteiger charge is -2.12. The zero-order valence-corrected chi connectivity index (χ0v) is 19.1. The first-order valence-corrected chi connectivity index (χ1v) is 11.5. The van der Waals surface area contributed by atoms with Gasteiger partial charge in [-0.3, -0.25) is 14.5 Å². The lowest BCUT2D eigenvalue weighted by molar-refractivity contribution is -0.122. The van der Waals surface area contributed by atoms with Crippen molar-refractivity contribution in [2.24, 2.45) is 0 Å². The van der Waals surface area contributed by atoms with Gasteiger partial charge in [0.05, 0.1) is 9.38 Å². The van der Waals surface area contributed by atoms with E-state index in [1.807, 2.05) is 78.9 Å². The van der Waals surface area contributed by atoms with E-state index in [-0.39, 0.29) is 11.1 Å². The number of carbonyl (C=O) groups is 2. The van der Waals surface area contributed by atoms with Crippen LogP contribution in [0.1, 0.15) is 16.7 Å². The Labute approximate surface area is 194 Å². The highest BCUT2D eigenvalue weighted by molar-refractivity contribution is 9.10. The van der Waals surface area contributed by atoms with Crippen LogP contribution < -0.4 is 4.74 Å². The van der Waals surface area contributed by atoms with E-state index in [2.05, 4.69) is 15.9 Å². The van der Waals surface area contributed by atoms with Crippen molar-refractivity contribution in [1.29, 1.82) is 0 Å². The molecule has 2 amide bonds. The van der Waals surface area contributed by atoms with Gasteiger partial charge in [0.25, 0.3) is 11.1 Å². The molecule has 1 aliphatic heterocycles. The lowest BCUT2D eigenvalue weighted by atomic mass is 10.1. The van der Waals surface area contributed by atoms with Crippen molar-refractivity contribution in [2.75, 3.05) is 6.54 Å². The number of hydrogen-bond acceptors (Lipinski definition) is 4. The molecule has 1 fully saturated rings. The van der Waals surface area contributed by atoms with Crippen molar-refractivity contribution >= 4 is 44.9 Å². The van der Waals surface area contributed by atoms with Crippen LogP contribution in [0, 0.1) is 0 Å². The van der Waals surface area contributed by atoms with E-state index in [9.17, 15) is 9.59 Å². The van der Waals surface area contributed by atoms with E-state index >= 15 is 0 Å². The summed E-state index contributed by atoms with van der Waals surface area (Å²) in [7, 11) is 0. The predicted octanol–water partition coefficient (Wildman–Crippen LogP) is 6.31. The Hall–Kier alpha value is -2.83. The van der Waals surface area contributed by atoms with Crippen LogP contribution in [0.3, 0.4) is 0 Å². The minimum Gasteiger partial charge on any atom is -0.488 e. The molecular weight excluding hydrogens is 474 g/mol. The standard InChI is InChI=1S/C25H20BrNO3S/c26-21-15-20(11-12-22(21)30-17-19-9-5-2-6-10-19)16-23-24(28)27(25(29)31-23)14-13-18-7-3-1-4-8-18/h1-12,15-16H,13-14,17H2/b23-16+. The monoisotopic (exact) mass is 493 g/mol. The maximum atomic E-state index is 12.7. The Kier molecular flexibility index (Phi) is 6.89. The fourth-order valence-electron chi connectivity index (χ4n) is 3.19. The van der Waals surface area contributed by atoms with Gasteiger partial charge in [0.15, 0.2) is 0 Å². The molecule has 3 aromatic carbocycles. The van der Waals surface area contributed by atoms with E-state index in [0.717, 1.165) is 38.7 Å². The number of imide groups is 1. The Bertz CT molecular complexity index is 1120. The first-order chi connectivity index (χ1) is 15.1. The minimum atomic E-state index is -0.244. The average Bonchev–Trinajstić information content (AvgIpc) is 3.05. The Morgan fingerprint density at radius 2 is 1.58 bits per heavy atom. The highest BCUT2D eigenvalue weighted by Crippen LogP contribution is 2.34. The predicted molar refractivity (Wildman–Crippen MR) is 128 cm³/mol. The summed E-state index contributed by atoms with van der Waals surface area (Å²) in [5, 5.41) is -0.228. The Morgan fingerprint density at radius 1 is 0.903 bits per heavy atom. The first kappa shape index (κ1) is 21.4. The molecule has 1 aliphatic rings. The number of rotatable bonds is 7. The largest absolute Gasteiger partial charge is 0.488 e. The third-order valence-corrected chi connectivity index (χ3v) is 6.36. The molecule has 0 atom stereocenters. The summed E-state index contributed by atoms with van der Waals surface area (Å²) in [5.41, 5.74) is 3.01. The number of carbonyl (C=O) groups excluding carboxylic acids is 2. The SMILES string of the molecule is O=C1S/C(=C/c2ccc(OCc3ccccc3)c(Br)c2)C(=O)N1CCc1ccccc1. The maximum Gasteiger partial charge on any atom is 0.293 e. The van der Waals surface area contributed by atoms with Gasteiger partial charge >= 0.3 is 0 Å². The van der Waals surface area contributed by atoms with Crippen LogP contribution in [0.4, 0.5) is 4.79 Å². The minimum absolute atomic E-state index is 0.228. The van der Waals surface area contributed by atoms with Gasteiger partial charge in [-0.15, -0.1) is 0 Å². The summed E-state index contributed by atoms with van der Waals surface area (Å²) in [6, 6.07) is 25.4. The Morgan fingerprint density at radius 3 is 2.26 bits per heavy atom. The number of benzene rings is 3. The fourth-order valence-corrected chi connectivity index (χ4v) is 4.56. The van der Waals surface area contributed by atoms with Crippen molar-refractivity contribution in [3.05, 3.63) is 105 Å². The third kappa shape index (κ3) is 5.46. The maximum absolute atomic E-state index is 12.7. The molecule has 1 heterocycles. The molecule has 0 aromatic heterocycles. The van der Waals surface area contributed by atoms with Crippen LogP contribution in [0.5, 0.6) is 5.75 Å². The number of nitrogens with zero attached hydrogens (tertiary/aromatic N) is 1. The quantitative estimate of drug-likeness (QED) is 0.362. The van der Waals surface area contributed by atoms with Crippen LogP contribution in [0.2, 0.25) is 0 Å².